The lowest BCUT2D eigenvalue weighted by Crippen LogP contribution is -2.51. The minimum Gasteiger partial charge on any atom is -0.381 e. The average Bonchev–Trinajstić information content (AvgIpc) is 2.51. The minimum absolute atomic E-state index is 0. The molecule has 2 rings (SSSR count). The van der Waals surface area contributed by atoms with Crippen molar-refractivity contribution in [1.29, 1.82) is 0 Å². The summed E-state index contributed by atoms with van der Waals surface area (Å²) in [6.45, 7) is 3.49. The molecule has 0 aliphatic carbocycles. The van der Waals surface area contributed by atoms with E-state index in [1.807, 2.05) is 7.05 Å². The normalized spacial score (nSPS) is 23.9. The van der Waals surface area contributed by atoms with Gasteiger partial charge in [0.05, 0.1) is 0 Å². The van der Waals surface area contributed by atoms with Crippen molar-refractivity contribution in [2.45, 2.75) is 38.1 Å². The summed E-state index contributed by atoms with van der Waals surface area (Å²) >= 11 is 0. The lowest BCUT2D eigenvalue weighted by Gasteiger charge is -2.31. The van der Waals surface area contributed by atoms with Gasteiger partial charge in [0.2, 0.25) is 5.91 Å². The maximum atomic E-state index is 11.5. The third kappa shape index (κ3) is 6.28. The first kappa shape index (κ1) is 19.5. The number of hydrogen-bond donors (Lipinski definition) is 2. The highest BCUT2D eigenvalue weighted by Crippen LogP contribution is 2.17. The van der Waals surface area contributed by atoms with E-state index in [0.717, 1.165) is 51.0 Å². The maximum absolute atomic E-state index is 11.5. The third-order valence-electron chi connectivity index (χ3n) is 4.38. The van der Waals surface area contributed by atoms with E-state index < -0.39 is 0 Å². The van der Waals surface area contributed by atoms with Crippen LogP contribution in [0.2, 0.25) is 0 Å². The summed E-state index contributed by atoms with van der Waals surface area (Å²) in [4.78, 5) is 17.5. The average molecular weight is 424 g/mol. The van der Waals surface area contributed by atoms with Gasteiger partial charge in [-0.3, -0.25) is 9.79 Å². The monoisotopic (exact) mass is 424 g/mol. The highest BCUT2D eigenvalue weighted by Gasteiger charge is 2.23. The molecular weight excluding hydrogens is 395 g/mol. The largest absolute Gasteiger partial charge is 0.381 e. The number of piperidine rings is 1. The number of aliphatic imine (C=N–C) groups is 1. The molecule has 1 amide bonds. The van der Waals surface area contributed by atoms with Gasteiger partial charge in [-0.1, -0.05) is 0 Å². The first-order valence-electron chi connectivity index (χ1n) is 7.98. The van der Waals surface area contributed by atoms with Crippen LogP contribution >= 0.6 is 24.0 Å². The molecule has 0 aromatic heterocycles. The van der Waals surface area contributed by atoms with Gasteiger partial charge in [-0.05, 0) is 31.6 Å². The second-order valence-electron chi connectivity index (χ2n) is 6.00. The predicted molar refractivity (Wildman–Crippen MR) is 98.7 cm³/mol. The van der Waals surface area contributed by atoms with Crippen LogP contribution in [-0.4, -0.2) is 63.2 Å². The van der Waals surface area contributed by atoms with Crippen molar-refractivity contribution in [1.82, 2.24) is 15.5 Å². The van der Waals surface area contributed by atoms with Crippen molar-refractivity contribution < 1.29 is 9.53 Å². The summed E-state index contributed by atoms with van der Waals surface area (Å²) in [7, 11) is 3.65. The standard InChI is InChI=1S/C15H28N4O2.HI/c1-16-15(17-8-5-12-6-9-21-10-7-12)18-13-3-4-14(20)19(2)11-13;/h12-13H,3-11H2,1-2H3,(H2,16,17,18);1H. The number of carbonyl (C=O) groups excluding carboxylic acids is 1. The zero-order chi connectivity index (χ0) is 15.1. The zero-order valence-electron chi connectivity index (χ0n) is 13.6. The fraction of sp³-hybridized carbons (Fsp3) is 0.867. The van der Waals surface area contributed by atoms with Gasteiger partial charge < -0.3 is 20.3 Å². The van der Waals surface area contributed by atoms with Gasteiger partial charge >= 0.3 is 0 Å². The number of hydrogen-bond acceptors (Lipinski definition) is 3. The Labute approximate surface area is 150 Å². The summed E-state index contributed by atoms with van der Waals surface area (Å²) in [6, 6.07) is 0.294. The Balaban J connectivity index is 0.00000242. The molecule has 2 heterocycles. The molecule has 22 heavy (non-hydrogen) atoms. The van der Waals surface area contributed by atoms with Crippen molar-refractivity contribution >= 4 is 35.8 Å². The second-order valence-corrected chi connectivity index (χ2v) is 6.00. The van der Waals surface area contributed by atoms with Crippen LogP contribution in [0.25, 0.3) is 0 Å². The van der Waals surface area contributed by atoms with Crippen molar-refractivity contribution in [3.8, 4) is 0 Å². The van der Waals surface area contributed by atoms with Crippen molar-refractivity contribution in [2.75, 3.05) is 40.4 Å². The zero-order valence-corrected chi connectivity index (χ0v) is 16.0. The van der Waals surface area contributed by atoms with Crippen LogP contribution in [0.3, 0.4) is 0 Å². The fourth-order valence-corrected chi connectivity index (χ4v) is 2.95. The van der Waals surface area contributed by atoms with E-state index >= 15 is 0 Å². The summed E-state index contributed by atoms with van der Waals surface area (Å²) in [5, 5.41) is 6.80. The molecule has 0 radical (unpaired) electrons. The first-order chi connectivity index (χ1) is 10.2. The van der Waals surface area contributed by atoms with Crippen LogP contribution in [0.1, 0.15) is 32.1 Å². The molecule has 2 aliphatic heterocycles. The number of amides is 1. The molecule has 0 aromatic carbocycles. The van der Waals surface area contributed by atoms with E-state index in [-0.39, 0.29) is 29.9 Å². The van der Waals surface area contributed by atoms with Gasteiger partial charge in [-0.25, -0.2) is 0 Å². The number of carbonyl (C=O) groups is 1. The van der Waals surface area contributed by atoms with E-state index in [1.54, 1.807) is 11.9 Å². The molecule has 2 saturated heterocycles. The highest BCUT2D eigenvalue weighted by molar-refractivity contribution is 14.0. The number of halogens is 1. The Hall–Kier alpha value is -0.570. The SMILES string of the molecule is CN=C(NCCC1CCOCC1)NC1CCC(=O)N(C)C1.I. The molecule has 6 nitrogen and oxygen atoms in total. The molecule has 1 unspecified atom stereocenters. The maximum Gasteiger partial charge on any atom is 0.222 e. The molecule has 2 N–H and O–H groups in total. The Bertz CT molecular complexity index is 373. The van der Waals surface area contributed by atoms with Gasteiger partial charge in [-0.15, -0.1) is 24.0 Å². The number of nitrogens with one attached hydrogen (secondary N) is 2. The topological polar surface area (TPSA) is 66.0 Å². The van der Waals surface area contributed by atoms with Crippen molar-refractivity contribution in [3.05, 3.63) is 0 Å². The van der Waals surface area contributed by atoms with Gasteiger partial charge in [0.25, 0.3) is 0 Å². The number of ether oxygens (including phenoxy) is 1. The molecule has 0 aromatic rings. The lowest BCUT2D eigenvalue weighted by molar-refractivity contribution is -0.132. The summed E-state index contributed by atoms with van der Waals surface area (Å²) in [5.74, 6) is 1.84. The number of guanidine groups is 1. The molecule has 0 saturated carbocycles. The molecule has 0 spiro atoms. The van der Waals surface area contributed by atoms with Crippen LogP contribution in [0.15, 0.2) is 4.99 Å². The summed E-state index contributed by atoms with van der Waals surface area (Å²) in [6.07, 6.45) is 5.00. The molecule has 2 aliphatic rings. The molecule has 7 heteroatoms. The molecular formula is C15H29IN4O2. The Morgan fingerprint density at radius 3 is 2.73 bits per heavy atom. The Kier molecular flexibility index (Phi) is 9.08. The van der Waals surface area contributed by atoms with E-state index in [1.165, 1.54) is 12.8 Å². The molecule has 0 bridgehead atoms. The van der Waals surface area contributed by atoms with Crippen LogP contribution in [0.4, 0.5) is 0 Å². The number of nitrogens with zero attached hydrogens (tertiary/aromatic N) is 2. The Morgan fingerprint density at radius 1 is 1.36 bits per heavy atom. The van der Waals surface area contributed by atoms with E-state index in [0.29, 0.717) is 12.5 Å². The van der Waals surface area contributed by atoms with Crippen LogP contribution < -0.4 is 10.6 Å². The predicted octanol–water partition coefficient (Wildman–Crippen LogP) is 1.21. The van der Waals surface area contributed by atoms with Gasteiger partial charge in [0, 0.05) is 52.9 Å². The first-order valence-corrected chi connectivity index (χ1v) is 7.98. The van der Waals surface area contributed by atoms with Crippen molar-refractivity contribution in [3.63, 3.8) is 0 Å². The van der Waals surface area contributed by atoms with E-state index in [9.17, 15) is 4.79 Å². The smallest absolute Gasteiger partial charge is 0.222 e. The molecule has 128 valence electrons. The molecule has 1 atom stereocenters. The second kappa shape index (κ2) is 10.3. The highest BCUT2D eigenvalue weighted by atomic mass is 127. The number of likely N-dealkylation sites (N-methyl/N-ethyl adjacent to an activating group) is 1. The van der Waals surface area contributed by atoms with E-state index in [2.05, 4.69) is 15.6 Å². The number of likely N-dealkylation sites (tertiary alicyclic amines) is 1. The van der Waals surface area contributed by atoms with Gasteiger partial charge in [0.15, 0.2) is 5.96 Å². The van der Waals surface area contributed by atoms with E-state index in [4.69, 9.17) is 4.74 Å². The minimum atomic E-state index is 0. The Morgan fingerprint density at radius 2 is 2.09 bits per heavy atom. The fourth-order valence-electron chi connectivity index (χ4n) is 2.95. The van der Waals surface area contributed by atoms with Gasteiger partial charge in [-0.2, -0.15) is 0 Å². The number of rotatable bonds is 4. The third-order valence-corrected chi connectivity index (χ3v) is 4.38. The lowest BCUT2D eigenvalue weighted by atomic mass is 9.97. The molecule has 2 fully saturated rings. The van der Waals surface area contributed by atoms with Gasteiger partial charge in [0.1, 0.15) is 0 Å². The summed E-state index contributed by atoms with van der Waals surface area (Å²) in [5.41, 5.74) is 0. The quantitative estimate of drug-likeness (QED) is 0.405. The van der Waals surface area contributed by atoms with Crippen LogP contribution in [0.5, 0.6) is 0 Å². The van der Waals surface area contributed by atoms with Crippen LogP contribution in [0, 0.1) is 5.92 Å². The summed E-state index contributed by atoms with van der Waals surface area (Å²) < 4.78 is 5.38. The van der Waals surface area contributed by atoms with Crippen LogP contribution in [-0.2, 0) is 9.53 Å². The van der Waals surface area contributed by atoms with Crippen molar-refractivity contribution in [2.24, 2.45) is 10.9 Å².